The van der Waals surface area contributed by atoms with Crippen molar-refractivity contribution >= 4 is 11.9 Å². The molecule has 1 saturated heterocycles. The van der Waals surface area contributed by atoms with E-state index in [2.05, 4.69) is 20.4 Å². The van der Waals surface area contributed by atoms with Crippen LogP contribution in [0.15, 0.2) is 16.8 Å². The van der Waals surface area contributed by atoms with Gasteiger partial charge >= 0.3 is 0 Å². The minimum absolute atomic E-state index is 0.0356. The van der Waals surface area contributed by atoms with Gasteiger partial charge in [0.05, 0.1) is 18.9 Å². The summed E-state index contributed by atoms with van der Waals surface area (Å²) >= 11 is 0. The van der Waals surface area contributed by atoms with Gasteiger partial charge in [0.1, 0.15) is 5.76 Å². The minimum atomic E-state index is -0.194. The van der Waals surface area contributed by atoms with Crippen LogP contribution in [0.2, 0.25) is 0 Å². The highest BCUT2D eigenvalue weighted by Crippen LogP contribution is 2.21. The third kappa shape index (κ3) is 3.95. The third-order valence-corrected chi connectivity index (χ3v) is 5.05. The maximum absolute atomic E-state index is 12.5. The summed E-state index contributed by atoms with van der Waals surface area (Å²) in [7, 11) is 0. The van der Waals surface area contributed by atoms with E-state index in [9.17, 15) is 4.79 Å². The van der Waals surface area contributed by atoms with E-state index in [4.69, 9.17) is 14.2 Å². The van der Waals surface area contributed by atoms with Crippen LogP contribution in [0.3, 0.4) is 0 Å². The number of hydrogen-bond acceptors (Lipinski definition) is 7. The van der Waals surface area contributed by atoms with Crippen LogP contribution in [0.5, 0.6) is 0 Å². The maximum Gasteiger partial charge on any atom is 0.273 e. The molecule has 2 aliphatic heterocycles. The van der Waals surface area contributed by atoms with Crippen LogP contribution in [-0.2, 0) is 17.8 Å². The zero-order chi connectivity index (χ0) is 18.8. The van der Waals surface area contributed by atoms with Gasteiger partial charge in [-0.1, -0.05) is 19.0 Å². The van der Waals surface area contributed by atoms with Gasteiger partial charge in [-0.05, 0) is 12.8 Å². The summed E-state index contributed by atoms with van der Waals surface area (Å²) in [6.07, 6.45) is 4.59. The smallest absolute Gasteiger partial charge is 0.273 e. The average Bonchev–Trinajstić information content (AvgIpc) is 3.19. The summed E-state index contributed by atoms with van der Waals surface area (Å²) in [6, 6.07) is 1.75. The predicted octanol–water partition coefficient (Wildman–Crippen LogP) is 2.06. The highest BCUT2D eigenvalue weighted by atomic mass is 16.5. The number of ether oxygens (including phenoxy) is 1. The SMILES string of the molecule is CC(C)c1cc(C(=O)N[C@H]2CCCN(c3ncc4c(n3)CCOC4)C2)no1. The molecule has 2 aromatic heterocycles. The van der Waals surface area contributed by atoms with Gasteiger partial charge in [0.15, 0.2) is 5.69 Å². The van der Waals surface area contributed by atoms with E-state index in [1.54, 1.807) is 6.07 Å². The van der Waals surface area contributed by atoms with Gasteiger partial charge in [0, 0.05) is 49.3 Å². The number of nitrogens with zero attached hydrogens (tertiary/aromatic N) is 4. The fourth-order valence-electron chi connectivity index (χ4n) is 3.48. The van der Waals surface area contributed by atoms with Crippen LogP contribution >= 0.6 is 0 Å². The fourth-order valence-corrected chi connectivity index (χ4v) is 3.48. The second-order valence-corrected chi connectivity index (χ2v) is 7.47. The number of fused-ring (bicyclic) bond motifs is 1. The fraction of sp³-hybridized carbons (Fsp3) is 0.579. The van der Waals surface area contributed by atoms with E-state index >= 15 is 0 Å². The zero-order valence-electron chi connectivity index (χ0n) is 15.8. The molecule has 1 N–H and O–H groups in total. The van der Waals surface area contributed by atoms with E-state index in [0.29, 0.717) is 25.5 Å². The van der Waals surface area contributed by atoms with Crippen LogP contribution < -0.4 is 10.2 Å². The molecule has 2 aromatic rings. The Morgan fingerprint density at radius 2 is 2.30 bits per heavy atom. The van der Waals surface area contributed by atoms with Crippen LogP contribution in [-0.4, -0.2) is 46.8 Å². The lowest BCUT2D eigenvalue weighted by molar-refractivity contribution is 0.0923. The number of carbonyl (C=O) groups is 1. The molecule has 144 valence electrons. The Bertz CT molecular complexity index is 819. The number of piperidine rings is 1. The molecular weight excluding hydrogens is 346 g/mol. The molecule has 0 radical (unpaired) electrons. The van der Waals surface area contributed by atoms with Crippen molar-refractivity contribution in [2.24, 2.45) is 0 Å². The summed E-state index contributed by atoms with van der Waals surface area (Å²) in [5, 5.41) is 6.96. The van der Waals surface area contributed by atoms with E-state index in [1.807, 2.05) is 20.0 Å². The molecule has 0 bridgehead atoms. The van der Waals surface area contributed by atoms with Crippen molar-refractivity contribution in [2.75, 3.05) is 24.6 Å². The third-order valence-electron chi connectivity index (χ3n) is 5.05. The van der Waals surface area contributed by atoms with Crippen molar-refractivity contribution in [1.29, 1.82) is 0 Å². The maximum atomic E-state index is 12.5. The molecule has 0 aliphatic carbocycles. The number of anilines is 1. The molecule has 1 fully saturated rings. The van der Waals surface area contributed by atoms with Crippen LogP contribution in [0, 0.1) is 0 Å². The Labute approximate surface area is 158 Å². The van der Waals surface area contributed by atoms with Crippen molar-refractivity contribution in [3.63, 3.8) is 0 Å². The van der Waals surface area contributed by atoms with E-state index in [1.165, 1.54) is 0 Å². The number of amides is 1. The van der Waals surface area contributed by atoms with Gasteiger partial charge in [-0.3, -0.25) is 4.79 Å². The van der Waals surface area contributed by atoms with Gasteiger partial charge in [0.2, 0.25) is 5.95 Å². The van der Waals surface area contributed by atoms with Gasteiger partial charge < -0.3 is 19.5 Å². The number of hydrogen-bond donors (Lipinski definition) is 1. The first kappa shape index (κ1) is 17.9. The first-order chi connectivity index (χ1) is 13.1. The molecule has 2 aliphatic rings. The van der Waals surface area contributed by atoms with Crippen LogP contribution in [0.1, 0.15) is 60.1 Å². The summed E-state index contributed by atoms with van der Waals surface area (Å²) < 4.78 is 10.7. The molecule has 27 heavy (non-hydrogen) atoms. The van der Waals surface area contributed by atoms with Crippen molar-refractivity contribution < 1.29 is 14.1 Å². The second-order valence-electron chi connectivity index (χ2n) is 7.47. The first-order valence-corrected chi connectivity index (χ1v) is 9.55. The molecule has 0 saturated carbocycles. The van der Waals surface area contributed by atoms with Gasteiger partial charge in [0.25, 0.3) is 5.91 Å². The summed E-state index contributed by atoms with van der Waals surface area (Å²) in [6.45, 7) is 6.89. The van der Waals surface area contributed by atoms with Gasteiger partial charge in [-0.25, -0.2) is 9.97 Å². The molecule has 1 amide bonds. The molecule has 8 heteroatoms. The van der Waals surface area contributed by atoms with Gasteiger partial charge in [-0.2, -0.15) is 0 Å². The van der Waals surface area contributed by atoms with Gasteiger partial charge in [-0.15, -0.1) is 0 Å². The van der Waals surface area contributed by atoms with Crippen molar-refractivity contribution in [2.45, 2.75) is 51.7 Å². The van der Waals surface area contributed by atoms with Crippen LogP contribution in [0.25, 0.3) is 0 Å². The van der Waals surface area contributed by atoms with Crippen molar-refractivity contribution in [3.8, 4) is 0 Å². The van der Waals surface area contributed by atoms with Crippen molar-refractivity contribution in [1.82, 2.24) is 20.4 Å². The number of rotatable bonds is 4. The van der Waals surface area contributed by atoms with Crippen molar-refractivity contribution in [3.05, 3.63) is 35.0 Å². The topological polar surface area (TPSA) is 93.4 Å². The Hall–Kier alpha value is -2.48. The zero-order valence-corrected chi connectivity index (χ0v) is 15.8. The Morgan fingerprint density at radius 1 is 1.41 bits per heavy atom. The minimum Gasteiger partial charge on any atom is -0.376 e. The molecule has 4 rings (SSSR count). The highest BCUT2D eigenvalue weighted by molar-refractivity contribution is 5.92. The standard InChI is InChI=1S/C19H25N5O3/c1-12(2)17-8-16(23-27-17)18(25)21-14-4-3-6-24(10-14)19-20-9-13-11-26-7-5-15(13)22-19/h8-9,12,14H,3-7,10-11H2,1-2H3,(H,21,25)/t14-/m0/s1. The quantitative estimate of drug-likeness (QED) is 0.879. The van der Waals surface area contributed by atoms with E-state index in [-0.39, 0.29) is 17.9 Å². The largest absolute Gasteiger partial charge is 0.376 e. The molecule has 0 spiro atoms. The van der Waals surface area contributed by atoms with E-state index < -0.39 is 0 Å². The lowest BCUT2D eigenvalue weighted by atomic mass is 10.1. The second kappa shape index (κ2) is 7.64. The molecule has 4 heterocycles. The lowest BCUT2D eigenvalue weighted by Crippen LogP contribution is -2.48. The molecule has 1 atom stereocenters. The number of nitrogens with one attached hydrogen (secondary N) is 1. The number of aromatic nitrogens is 3. The molecule has 0 aromatic carbocycles. The summed E-state index contributed by atoms with van der Waals surface area (Å²) in [5.74, 6) is 1.46. The predicted molar refractivity (Wildman–Crippen MR) is 98.7 cm³/mol. The highest BCUT2D eigenvalue weighted by Gasteiger charge is 2.25. The van der Waals surface area contributed by atoms with Crippen LogP contribution in [0.4, 0.5) is 5.95 Å². The molecule has 0 unspecified atom stereocenters. The Balaban J connectivity index is 1.41. The Morgan fingerprint density at radius 3 is 3.11 bits per heavy atom. The Kier molecular flexibility index (Phi) is 5.07. The number of carbonyl (C=O) groups excluding carboxylic acids is 1. The molecular formula is C19H25N5O3. The summed E-state index contributed by atoms with van der Waals surface area (Å²) in [5.41, 5.74) is 2.47. The normalized spacial score (nSPS) is 19.8. The summed E-state index contributed by atoms with van der Waals surface area (Å²) in [4.78, 5) is 23.9. The first-order valence-electron chi connectivity index (χ1n) is 9.55. The van der Waals surface area contributed by atoms with E-state index in [0.717, 1.165) is 48.8 Å². The lowest BCUT2D eigenvalue weighted by Gasteiger charge is -2.33. The molecule has 8 nitrogen and oxygen atoms in total. The monoisotopic (exact) mass is 371 g/mol. The average molecular weight is 371 g/mol.